The zero-order valence-corrected chi connectivity index (χ0v) is 10.3. The normalized spacial score (nSPS) is 32.1. The van der Waals surface area contributed by atoms with Crippen LogP contribution in [0.2, 0.25) is 0 Å². The lowest BCUT2D eigenvalue weighted by Gasteiger charge is -2.39. The summed E-state index contributed by atoms with van der Waals surface area (Å²) in [5, 5.41) is 12.4. The standard InChI is InChI=1S/C12H24N2O2/c1-3-10(13)11(16)14-12(8-15)6-4-9(2)5-7-12/h9-10,15H,3-8,13H2,1-2H3,(H,14,16). The van der Waals surface area contributed by atoms with Gasteiger partial charge in [-0.15, -0.1) is 0 Å². The highest BCUT2D eigenvalue weighted by Gasteiger charge is 2.35. The maximum atomic E-state index is 11.7. The lowest BCUT2D eigenvalue weighted by molar-refractivity contribution is -0.125. The van der Waals surface area contributed by atoms with Gasteiger partial charge in [0.25, 0.3) is 0 Å². The fourth-order valence-corrected chi connectivity index (χ4v) is 2.18. The molecule has 0 aromatic rings. The smallest absolute Gasteiger partial charge is 0.237 e. The van der Waals surface area contributed by atoms with E-state index in [2.05, 4.69) is 12.2 Å². The SMILES string of the molecule is CCC(N)C(=O)NC1(CO)CCC(C)CC1. The maximum Gasteiger partial charge on any atom is 0.237 e. The third kappa shape index (κ3) is 3.19. The molecule has 1 fully saturated rings. The van der Waals surface area contributed by atoms with E-state index in [0.29, 0.717) is 12.3 Å². The number of aliphatic hydroxyl groups is 1. The van der Waals surface area contributed by atoms with Crippen molar-refractivity contribution in [2.75, 3.05) is 6.61 Å². The molecule has 0 aromatic heterocycles. The van der Waals surface area contributed by atoms with Gasteiger partial charge in [-0.1, -0.05) is 13.8 Å². The summed E-state index contributed by atoms with van der Waals surface area (Å²) in [6, 6.07) is -0.456. The summed E-state index contributed by atoms with van der Waals surface area (Å²) < 4.78 is 0. The number of carbonyl (C=O) groups is 1. The molecule has 1 unspecified atom stereocenters. The van der Waals surface area contributed by atoms with Crippen LogP contribution in [0.3, 0.4) is 0 Å². The van der Waals surface area contributed by atoms with Crippen molar-refractivity contribution in [3.8, 4) is 0 Å². The van der Waals surface area contributed by atoms with Crippen LogP contribution in [0.25, 0.3) is 0 Å². The van der Waals surface area contributed by atoms with E-state index in [1.165, 1.54) is 0 Å². The molecule has 4 nitrogen and oxygen atoms in total. The van der Waals surface area contributed by atoms with Crippen LogP contribution in [0, 0.1) is 5.92 Å². The fraction of sp³-hybridized carbons (Fsp3) is 0.917. The Bertz CT molecular complexity index is 235. The van der Waals surface area contributed by atoms with Crippen LogP contribution in [0.5, 0.6) is 0 Å². The van der Waals surface area contributed by atoms with Gasteiger partial charge in [0.15, 0.2) is 0 Å². The Hall–Kier alpha value is -0.610. The number of hydrogen-bond acceptors (Lipinski definition) is 3. The van der Waals surface area contributed by atoms with Crippen LogP contribution in [0.15, 0.2) is 0 Å². The lowest BCUT2D eigenvalue weighted by Crippen LogP contribution is -2.57. The number of nitrogens with one attached hydrogen (secondary N) is 1. The van der Waals surface area contributed by atoms with Crippen molar-refractivity contribution < 1.29 is 9.90 Å². The number of amides is 1. The molecule has 0 saturated heterocycles. The largest absolute Gasteiger partial charge is 0.394 e. The van der Waals surface area contributed by atoms with Gasteiger partial charge in [-0.25, -0.2) is 0 Å². The maximum absolute atomic E-state index is 11.7. The van der Waals surface area contributed by atoms with E-state index in [1.54, 1.807) is 0 Å². The monoisotopic (exact) mass is 228 g/mol. The van der Waals surface area contributed by atoms with E-state index in [-0.39, 0.29) is 12.5 Å². The number of nitrogens with two attached hydrogens (primary N) is 1. The highest BCUT2D eigenvalue weighted by molar-refractivity contribution is 5.82. The molecule has 4 N–H and O–H groups in total. The minimum Gasteiger partial charge on any atom is -0.394 e. The Morgan fingerprint density at radius 3 is 2.56 bits per heavy atom. The first-order chi connectivity index (χ1) is 7.53. The highest BCUT2D eigenvalue weighted by atomic mass is 16.3. The summed E-state index contributed by atoms with van der Waals surface area (Å²) >= 11 is 0. The molecule has 0 heterocycles. The summed E-state index contributed by atoms with van der Waals surface area (Å²) in [4.78, 5) is 11.7. The molecule has 94 valence electrons. The van der Waals surface area contributed by atoms with Gasteiger partial charge in [0.2, 0.25) is 5.91 Å². The van der Waals surface area contributed by atoms with Crippen molar-refractivity contribution in [1.82, 2.24) is 5.32 Å². The molecule has 0 spiro atoms. The second-order valence-corrected chi connectivity index (χ2v) is 5.12. The second-order valence-electron chi connectivity index (χ2n) is 5.12. The van der Waals surface area contributed by atoms with E-state index in [4.69, 9.17) is 5.73 Å². The minimum atomic E-state index is -0.456. The van der Waals surface area contributed by atoms with Crippen LogP contribution >= 0.6 is 0 Å². The molecule has 1 atom stereocenters. The molecule has 1 rings (SSSR count). The van der Waals surface area contributed by atoms with Gasteiger partial charge in [0, 0.05) is 0 Å². The number of aliphatic hydroxyl groups excluding tert-OH is 1. The van der Waals surface area contributed by atoms with Crippen molar-refractivity contribution in [2.45, 2.75) is 57.5 Å². The summed E-state index contributed by atoms with van der Waals surface area (Å²) in [5.74, 6) is 0.558. The van der Waals surface area contributed by atoms with Gasteiger partial charge in [-0.05, 0) is 38.0 Å². The van der Waals surface area contributed by atoms with Gasteiger partial charge in [-0.3, -0.25) is 4.79 Å². The van der Waals surface area contributed by atoms with Crippen LogP contribution in [0.4, 0.5) is 0 Å². The van der Waals surface area contributed by atoms with Gasteiger partial charge < -0.3 is 16.2 Å². The molecule has 1 aliphatic rings. The summed E-state index contributed by atoms with van der Waals surface area (Å²) in [6.07, 6.45) is 4.45. The van der Waals surface area contributed by atoms with E-state index in [9.17, 15) is 9.90 Å². The molecule has 0 aromatic carbocycles. The molecule has 1 saturated carbocycles. The van der Waals surface area contributed by atoms with Crippen molar-refractivity contribution in [3.05, 3.63) is 0 Å². The van der Waals surface area contributed by atoms with Gasteiger partial charge in [0.1, 0.15) is 0 Å². The second kappa shape index (κ2) is 5.64. The predicted molar refractivity (Wildman–Crippen MR) is 63.9 cm³/mol. The van der Waals surface area contributed by atoms with Crippen LogP contribution in [-0.2, 0) is 4.79 Å². The van der Waals surface area contributed by atoms with E-state index >= 15 is 0 Å². The Labute approximate surface area is 97.6 Å². The third-order valence-electron chi connectivity index (χ3n) is 3.70. The summed E-state index contributed by atoms with van der Waals surface area (Å²) in [5.41, 5.74) is 5.26. The summed E-state index contributed by atoms with van der Waals surface area (Å²) in [6.45, 7) is 4.11. The zero-order chi connectivity index (χ0) is 12.2. The molecule has 1 amide bonds. The van der Waals surface area contributed by atoms with E-state index in [1.807, 2.05) is 6.92 Å². The van der Waals surface area contributed by atoms with Crippen molar-refractivity contribution >= 4 is 5.91 Å². The molecular formula is C12H24N2O2. The first-order valence-electron chi connectivity index (χ1n) is 6.21. The number of hydrogen-bond donors (Lipinski definition) is 3. The van der Waals surface area contributed by atoms with Gasteiger partial charge >= 0.3 is 0 Å². The molecule has 0 bridgehead atoms. The van der Waals surface area contributed by atoms with Gasteiger partial charge in [-0.2, -0.15) is 0 Å². The van der Waals surface area contributed by atoms with Crippen molar-refractivity contribution in [2.24, 2.45) is 11.7 Å². The third-order valence-corrected chi connectivity index (χ3v) is 3.70. The molecule has 0 radical (unpaired) electrons. The Morgan fingerprint density at radius 2 is 2.12 bits per heavy atom. The quantitative estimate of drug-likeness (QED) is 0.665. The predicted octanol–water partition coefficient (Wildman–Crippen LogP) is 0.781. The minimum absolute atomic E-state index is 0.0158. The fourth-order valence-electron chi connectivity index (χ4n) is 2.18. The highest BCUT2D eigenvalue weighted by Crippen LogP contribution is 2.31. The number of carbonyl (C=O) groups excluding carboxylic acids is 1. The molecule has 16 heavy (non-hydrogen) atoms. The van der Waals surface area contributed by atoms with E-state index < -0.39 is 11.6 Å². The van der Waals surface area contributed by atoms with Crippen LogP contribution in [0.1, 0.15) is 46.0 Å². The zero-order valence-electron chi connectivity index (χ0n) is 10.3. The number of rotatable bonds is 4. The Kier molecular flexibility index (Phi) is 4.74. The molecular weight excluding hydrogens is 204 g/mol. The first-order valence-corrected chi connectivity index (χ1v) is 6.21. The van der Waals surface area contributed by atoms with E-state index in [0.717, 1.165) is 25.7 Å². The molecule has 1 aliphatic carbocycles. The van der Waals surface area contributed by atoms with Crippen molar-refractivity contribution in [1.29, 1.82) is 0 Å². The lowest BCUT2D eigenvalue weighted by atomic mass is 9.77. The summed E-state index contributed by atoms with van der Waals surface area (Å²) in [7, 11) is 0. The first kappa shape index (κ1) is 13.5. The van der Waals surface area contributed by atoms with Gasteiger partial charge in [0.05, 0.1) is 18.2 Å². The van der Waals surface area contributed by atoms with Crippen LogP contribution < -0.4 is 11.1 Å². The topological polar surface area (TPSA) is 75.4 Å². The Balaban J connectivity index is 2.57. The average Bonchev–Trinajstić information content (AvgIpc) is 2.31. The molecule has 4 heteroatoms. The Morgan fingerprint density at radius 1 is 1.56 bits per heavy atom. The average molecular weight is 228 g/mol. The van der Waals surface area contributed by atoms with Crippen LogP contribution in [-0.4, -0.2) is 29.2 Å². The molecule has 0 aliphatic heterocycles. The van der Waals surface area contributed by atoms with Crippen molar-refractivity contribution in [3.63, 3.8) is 0 Å².